The van der Waals surface area contributed by atoms with E-state index in [0.717, 1.165) is 5.69 Å². The van der Waals surface area contributed by atoms with Crippen molar-refractivity contribution in [2.75, 3.05) is 13.1 Å². The fourth-order valence-electron chi connectivity index (χ4n) is 3.20. The zero-order chi connectivity index (χ0) is 18.1. The van der Waals surface area contributed by atoms with Crippen molar-refractivity contribution in [1.29, 1.82) is 0 Å². The van der Waals surface area contributed by atoms with Gasteiger partial charge in [-0.3, -0.25) is 14.1 Å². The minimum absolute atomic E-state index is 0.256. The lowest BCUT2D eigenvalue weighted by Crippen LogP contribution is -2.53. The monoisotopic (exact) mass is 375 g/mol. The number of imidazole rings is 1. The van der Waals surface area contributed by atoms with E-state index in [1.165, 1.54) is 21.9 Å². The summed E-state index contributed by atoms with van der Waals surface area (Å²) in [6, 6.07) is 4.59. The molecule has 9 heteroatoms. The van der Waals surface area contributed by atoms with Crippen molar-refractivity contribution < 1.29 is 14.3 Å². The maximum absolute atomic E-state index is 14.4. The van der Waals surface area contributed by atoms with Gasteiger partial charge >= 0.3 is 0 Å². The predicted octanol–water partition coefficient (Wildman–Crippen LogP) is 1.30. The highest BCUT2D eigenvalue weighted by atomic mass is 32.1. The van der Waals surface area contributed by atoms with Gasteiger partial charge in [0.05, 0.1) is 23.4 Å². The molecule has 2 N–H and O–H groups in total. The van der Waals surface area contributed by atoms with Crippen LogP contribution in [0, 0.1) is 5.95 Å². The van der Waals surface area contributed by atoms with Gasteiger partial charge in [-0.1, -0.05) is 6.07 Å². The molecule has 7 nitrogen and oxygen atoms in total. The molecular formula is C17H18FN5O2S. The van der Waals surface area contributed by atoms with E-state index >= 15 is 0 Å². The van der Waals surface area contributed by atoms with Crippen LogP contribution < -0.4 is 5.32 Å². The van der Waals surface area contributed by atoms with Crippen LogP contribution >= 0.6 is 11.3 Å². The lowest BCUT2D eigenvalue weighted by Gasteiger charge is -2.35. The molecule has 3 aromatic heterocycles. The van der Waals surface area contributed by atoms with Crippen molar-refractivity contribution in [3.8, 4) is 0 Å². The Morgan fingerprint density at radius 2 is 2.35 bits per heavy atom. The van der Waals surface area contributed by atoms with Gasteiger partial charge in [0, 0.05) is 31.2 Å². The van der Waals surface area contributed by atoms with Crippen molar-refractivity contribution in [3.05, 3.63) is 52.6 Å². The Kier molecular flexibility index (Phi) is 4.66. The number of fused-ring (bicyclic) bond motifs is 1. The minimum Gasteiger partial charge on any atom is -0.390 e. The second-order valence-corrected chi connectivity index (χ2v) is 7.05. The number of piperidine rings is 1. The number of likely N-dealkylation sites (tertiary alicyclic amines) is 1. The van der Waals surface area contributed by atoms with Gasteiger partial charge in [-0.15, -0.1) is 11.3 Å². The third-order valence-corrected chi connectivity index (χ3v) is 5.17. The molecule has 0 aliphatic carbocycles. The minimum atomic E-state index is -0.730. The average molecular weight is 375 g/mol. The van der Waals surface area contributed by atoms with Crippen LogP contribution in [0.2, 0.25) is 0 Å². The van der Waals surface area contributed by atoms with Gasteiger partial charge in [-0.05, 0) is 18.6 Å². The summed E-state index contributed by atoms with van der Waals surface area (Å²) in [5.74, 6) is -1.31. The van der Waals surface area contributed by atoms with E-state index in [4.69, 9.17) is 0 Å². The number of carbonyl (C=O) groups is 1. The molecule has 26 heavy (non-hydrogen) atoms. The zero-order valence-corrected chi connectivity index (χ0v) is 14.7. The molecule has 3 aromatic rings. The molecule has 0 unspecified atom stereocenters. The molecule has 1 aliphatic heterocycles. The Labute approximate surface area is 153 Å². The highest BCUT2D eigenvalue weighted by molar-refractivity contribution is 7.07. The number of halogens is 1. The van der Waals surface area contributed by atoms with Crippen LogP contribution in [0.4, 0.5) is 4.39 Å². The first-order chi connectivity index (χ1) is 12.6. The maximum atomic E-state index is 14.4. The number of nitrogens with zero attached hydrogens (tertiary/aromatic N) is 4. The molecule has 4 rings (SSSR count). The molecule has 0 spiro atoms. The predicted molar refractivity (Wildman–Crippen MR) is 94.4 cm³/mol. The number of amides is 1. The number of carbonyl (C=O) groups excluding carboxylic acids is 1. The zero-order valence-electron chi connectivity index (χ0n) is 13.9. The first-order valence-electron chi connectivity index (χ1n) is 8.33. The first kappa shape index (κ1) is 17.1. The van der Waals surface area contributed by atoms with E-state index < -0.39 is 24.0 Å². The summed E-state index contributed by atoms with van der Waals surface area (Å²) in [6.07, 6.45) is 1.36. The molecule has 1 fully saturated rings. The molecule has 2 atom stereocenters. The largest absolute Gasteiger partial charge is 0.390 e. The van der Waals surface area contributed by atoms with E-state index in [1.807, 2.05) is 5.38 Å². The number of aliphatic hydroxyl groups excluding tert-OH is 1. The highest BCUT2D eigenvalue weighted by Crippen LogP contribution is 2.16. The summed E-state index contributed by atoms with van der Waals surface area (Å²) >= 11 is 1.54. The molecule has 4 heterocycles. The molecule has 1 amide bonds. The molecule has 0 saturated carbocycles. The quantitative estimate of drug-likeness (QED) is 0.718. The summed E-state index contributed by atoms with van der Waals surface area (Å²) in [7, 11) is 0. The number of pyridine rings is 1. The summed E-state index contributed by atoms with van der Waals surface area (Å²) in [5, 5.41) is 15.1. The third kappa shape index (κ3) is 3.33. The summed E-state index contributed by atoms with van der Waals surface area (Å²) < 4.78 is 15.6. The SMILES string of the molecule is O=C(N[C@@H]1CCN(Cc2cscn2)C[C@H]1O)c1nc2ccccn2c1F. The standard InChI is InChI=1S/C17H18FN5O2S/c18-16-15(21-14-3-1-2-5-23(14)16)17(25)20-12-4-6-22(8-13(12)24)7-11-9-26-10-19-11/h1-3,5,9-10,12-13,24H,4,6-8H2,(H,20,25)/t12-,13-/m1/s1. The van der Waals surface area contributed by atoms with E-state index in [2.05, 4.69) is 20.2 Å². The number of thiazole rings is 1. The number of hydrogen-bond donors (Lipinski definition) is 2. The van der Waals surface area contributed by atoms with Crippen molar-refractivity contribution >= 4 is 22.9 Å². The maximum Gasteiger partial charge on any atom is 0.274 e. The van der Waals surface area contributed by atoms with Gasteiger partial charge in [0.25, 0.3) is 5.91 Å². The number of β-amino-alcohol motifs (C(OH)–C–C–N with tert-alkyl or cyclic N) is 1. The Morgan fingerprint density at radius 3 is 3.08 bits per heavy atom. The van der Waals surface area contributed by atoms with Crippen molar-refractivity contribution in [3.63, 3.8) is 0 Å². The Hall–Kier alpha value is -2.36. The lowest BCUT2D eigenvalue weighted by atomic mass is 10.0. The fourth-order valence-corrected chi connectivity index (χ4v) is 3.75. The third-order valence-electron chi connectivity index (χ3n) is 4.54. The van der Waals surface area contributed by atoms with Crippen molar-refractivity contribution in [2.45, 2.75) is 25.1 Å². The van der Waals surface area contributed by atoms with Crippen LogP contribution in [0.5, 0.6) is 0 Å². The number of rotatable bonds is 4. The van der Waals surface area contributed by atoms with Crippen LogP contribution in [-0.2, 0) is 6.54 Å². The normalized spacial score (nSPS) is 21.2. The van der Waals surface area contributed by atoms with Crippen LogP contribution in [0.1, 0.15) is 22.6 Å². The van der Waals surface area contributed by atoms with Gasteiger partial charge in [0.1, 0.15) is 5.65 Å². The Morgan fingerprint density at radius 1 is 1.46 bits per heavy atom. The number of nitrogens with one attached hydrogen (secondary N) is 1. The molecule has 1 aliphatic rings. The topological polar surface area (TPSA) is 82.8 Å². The molecule has 1 saturated heterocycles. The molecule has 136 valence electrons. The van der Waals surface area contributed by atoms with Crippen LogP contribution in [-0.4, -0.2) is 55.5 Å². The van der Waals surface area contributed by atoms with Crippen LogP contribution in [0.3, 0.4) is 0 Å². The van der Waals surface area contributed by atoms with Gasteiger partial charge in [0.15, 0.2) is 5.69 Å². The number of aromatic nitrogens is 3. The van der Waals surface area contributed by atoms with E-state index in [-0.39, 0.29) is 5.69 Å². The Bertz CT molecular complexity index is 913. The van der Waals surface area contributed by atoms with E-state index in [0.29, 0.717) is 31.7 Å². The first-order valence-corrected chi connectivity index (χ1v) is 9.27. The van der Waals surface area contributed by atoms with Gasteiger partial charge in [0.2, 0.25) is 5.95 Å². The van der Waals surface area contributed by atoms with Crippen LogP contribution in [0.15, 0.2) is 35.3 Å². The van der Waals surface area contributed by atoms with E-state index in [1.54, 1.807) is 23.7 Å². The van der Waals surface area contributed by atoms with Gasteiger partial charge in [-0.25, -0.2) is 9.97 Å². The lowest BCUT2D eigenvalue weighted by molar-refractivity contribution is 0.0344. The number of hydrogen-bond acceptors (Lipinski definition) is 6. The van der Waals surface area contributed by atoms with Gasteiger partial charge < -0.3 is 10.4 Å². The van der Waals surface area contributed by atoms with Crippen LogP contribution in [0.25, 0.3) is 5.65 Å². The molecular weight excluding hydrogens is 357 g/mol. The van der Waals surface area contributed by atoms with E-state index in [9.17, 15) is 14.3 Å². The second kappa shape index (κ2) is 7.10. The van der Waals surface area contributed by atoms with Gasteiger partial charge in [-0.2, -0.15) is 4.39 Å². The second-order valence-electron chi connectivity index (χ2n) is 6.33. The fraction of sp³-hybridized carbons (Fsp3) is 0.353. The molecule has 0 bridgehead atoms. The number of aliphatic hydroxyl groups is 1. The highest BCUT2D eigenvalue weighted by Gasteiger charge is 2.30. The Balaban J connectivity index is 1.41. The molecule has 0 aromatic carbocycles. The van der Waals surface area contributed by atoms with Crippen molar-refractivity contribution in [1.82, 2.24) is 24.6 Å². The summed E-state index contributed by atoms with van der Waals surface area (Å²) in [5.41, 5.74) is 2.86. The summed E-state index contributed by atoms with van der Waals surface area (Å²) in [4.78, 5) is 22.8. The average Bonchev–Trinajstić information content (AvgIpc) is 3.26. The molecule has 0 radical (unpaired) electrons. The smallest absolute Gasteiger partial charge is 0.274 e. The summed E-state index contributed by atoms with van der Waals surface area (Å²) in [6.45, 7) is 1.81. The van der Waals surface area contributed by atoms with Crippen molar-refractivity contribution in [2.24, 2.45) is 0 Å².